The van der Waals surface area contributed by atoms with Crippen LogP contribution in [0.4, 0.5) is 0 Å². The van der Waals surface area contributed by atoms with Crippen molar-refractivity contribution < 1.29 is 9.84 Å². The van der Waals surface area contributed by atoms with Gasteiger partial charge in [0, 0.05) is 0 Å². The summed E-state index contributed by atoms with van der Waals surface area (Å²) in [5.74, 6) is 1.68. The molecule has 1 aliphatic rings. The fraction of sp³-hybridized carbons (Fsp3) is 0.600. The molecule has 94 valence electrons. The summed E-state index contributed by atoms with van der Waals surface area (Å²) >= 11 is 0. The van der Waals surface area contributed by atoms with E-state index in [4.69, 9.17) is 4.74 Å². The monoisotopic (exact) mass is 234 g/mol. The lowest BCUT2D eigenvalue weighted by atomic mass is 9.86. The summed E-state index contributed by atoms with van der Waals surface area (Å²) in [5, 5.41) is 9.84. The maximum absolute atomic E-state index is 9.84. The zero-order valence-electron chi connectivity index (χ0n) is 10.6. The molecule has 0 radical (unpaired) electrons. The predicted octanol–water partition coefficient (Wildman–Crippen LogP) is 3.70. The highest BCUT2D eigenvalue weighted by Crippen LogP contribution is 2.27. The third-order valence-corrected chi connectivity index (χ3v) is 3.54. The molecule has 0 amide bonds. The van der Waals surface area contributed by atoms with E-state index in [-0.39, 0.29) is 6.10 Å². The van der Waals surface area contributed by atoms with Crippen molar-refractivity contribution in [2.45, 2.75) is 45.1 Å². The molecule has 0 aliphatic heterocycles. The van der Waals surface area contributed by atoms with Crippen molar-refractivity contribution in [3.05, 3.63) is 29.8 Å². The number of hydrogen-bond donors (Lipinski definition) is 1. The molecule has 1 unspecified atom stereocenters. The molecule has 1 aromatic carbocycles. The average molecular weight is 234 g/mol. The molecule has 0 bridgehead atoms. The van der Waals surface area contributed by atoms with E-state index in [2.05, 4.69) is 6.92 Å². The van der Waals surface area contributed by atoms with Gasteiger partial charge in [-0.25, -0.2) is 0 Å². The summed E-state index contributed by atoms with van der Waals surface area (Å²) in [7, 11) is 0. The van der Waals surface area contributed by atoms with Crippen molar-refractivity contribution in [2.75, 3.05) is 6.61 Å². The van der Waals surface area contributed by atoms with Crippen LogP contribution in [0, 0.1) is 5.92 Å². The van der Waals surface area contributed by atoms with Crippen molar-refractivity contribution in [1.82, 2.24) is 0 Å². The second-order valence-corrected chi connectivity index (χ2v) is 4.98. The van der Waals surface area contributed by atoms with Gasteiger partial charge >= 0.3 is 0 Å². The molecule has 2 rings (SSSR count). The summed E-state index contributed by atoms with van der Waals surface area (Å²) in [6.07, 6.45) is 5.47. The van der Waals surface area contributed by atoms with Crippen LogP contribution in [0.25, 0.3) is 0 Å². The molecule has 0 aromatic heterocycles. The van der Waals surface area contributed by atoms with Gasteiger partial charge in [-0.1, -0.05) is 31.9 Å². The van der Waals surface area contributed by atoms with Crippen LogP contribution in [0.5, 0.6) is 5.75 Å². The van der Waals surface area contributed by atoms with Crippen molar-refractivity contribution >= 4 is 0 Å². The lowest BCUT2D eigenvalue weighted by Crippen LogP contribution is -2.19. The maximum atomic E-state index is 9.84. The van der Waals surface area contributed by atoms with E-state index in [0.29, 0.717) is 0 Å². The molecule has 2 heteroatoms. The molecule has 0 heterocycles. The molecule has 2 nitrogen and oxygen atoms in total. The van der Waals surface area contributed by atoms with Gasteiger partial charge in [-0.15, -0.1) is 0 Å². The van der Waals surface area contributed by atoms with Crippen LogP contribution < -0.4 is 4.74 Å². The van der Waals surface area contributed by atoms with Crippen LogP contribution >= 0.6 is 0 Å². The van der Waals surface area contributed by atoms with Gasteiger partial charge in [0.05, 0.1) is 12.7 Å². The summed E-state index contributed by atoms with van der Waals surface area (Å²) in [6, 6.07) is 7.87. The lowest BCUT2D eigenvalue weighted by molar-refractivity contribution is 0.165. The van der Waals surface area contributed by atoms with E-state index in [0.717, 1.165) is 36.7 Å². The van der Waals surface area contributed by atoms with Gasteiger partial charge in [-0.05, 0) is 42.9 Å². The van der Waals surface area contributed by atoms with Crippen molar-refractivity contribution in [1.29, 1.82) is 0 Å². The zero-order valence-corrected chi connectivity index (χ0v) is 10.6. The Hall–Kier alpha value is -1.02. The Morgan fingerprint density at radius 3 is 2.53 bits per heavy atom. The molecule has 0 saturated heterocycles. The van der Waals surface area contributed by atoms with Crippen LogP contribution in [0.2, 0.25) is 0 Å². The molecule has 1 aliphatic carbocycles. The second kappa shape index (κ2) is 6.06. The van der Waals surface area contributed by atoms with Crippen LogP contribution in [-0.2, 0) is 0 Å². The highest BCUT2D eigenvalue weighted by molar-refractivity contribution is 5.28. The molecule has 0 spiro atoms. The number of ether oxygens (including phenoxy) is 1. The Balaban J connectivity index is 1.83. The third kappa shape index (κ3) is 3.47. The maximum Gasteiger partial charge on any atom is 0.119 e. The highest BCUT2D eigenvalue weighted by atomic mass is 16.5. The number of rotatable bonds is 6. The van der Waals surface area contributed by atoms with Crippen LogP contribution in [0.1, 0.15) is 50.7 Å². The molecule has 1 N–H and O–H groups in total. The molecule has 1 atom stereocenters. The van der Waals surface area contributed by atoms with Crippen LogP contribution in [0.15, 0.2) is 24.3 Å². The number of hydrogen-bond acceptors (Lipinski definition) is 2. The molecular weight excluding hydrogens is 212 g/mol. The van der Waals surface area contributed by atoms with Gasteiger partial charge < -0.3 is 9.84 Å². The Labute approximate surface area is 104 Å². The van der Waals surface area contributed by atoms with Gasteiger partial charge in [0.2, 0.25) is 0 Å². The van der Waals surface area contributed by atoms with Crippen molar-refractivity contribution in [3.8, 4) is 5.75 Å². The highest BCUT2D eigenvalue weighted by Gasteiger charge is 2.17. The van der Waals surface area contributed by atoms with E-state index in [1.165, 1.54) is 19.3 Å². The first kappa shape index (κ1) is 12.4. The normalized spacial score (nSPS) is 17.5. The molecule has 1 aromatic rings. The first-order valence-corrected chi connectivity index (χ1v) is 6.70. The lowest BCUT2D eigenvalue weighted by Gasteiger charge is -2.25. The van der Waals surface area contributed by atoms with Gasteiger partial charge in [0.25, 0.3) is 0 Å². The second-order valence-electron chi connectivity index (χ2n) is 4.98. The standard InChI is InChI=1S/C15H22O2/c1-2-4-15(16)13-7-9-14(10-8-13)17-11-12-5-3-6-12/h7-10,12,15-16H,2-6,11H2,1H3. The summed E-state index contributed by atoms with van der Waals surface area (Å²) in [5.41, 5.74) is 0.989. The quantitative estimate of drug-likeness (QED) is 0.813. The van der Waals surface area contributed by atoms with Gasteiger partial charge in [-0.3, -0.25) is 0 Å². The Kier molecular flexibility index (Phi) is 4.43. The van der Waals surface area contributed by atoms with Crippen molar-refractivity contribution in [2.24, 2.45) is 5.92 Å². The van der Waals surface area contributed by atoms with E-state index < -0.39 is 0 Å². The number of aliphatic hydroxyl groups is 1. The average Bonchev–Trinajstić information content (AvgIpc) is 2.28. The number of aliphatic hydroxyl groups excluding tert-OH is 1. The van der Waals surface area contributed by atoms with Crippen molar-refractivity contribution in [3.63, 3.8) is 0 Å². The SMILES string of the molecule is CCCC(O)c1ccc(OCC2CCC2)cc1. The minimum atomic E-state index is -0.333. The summed E-state index contributed by atoms with van der Waals surface area (Å²) in [4.78, 5) is 0. The number of benzene rings is 1. The smallest absolute Gasteiger partial charge is 0.119 e. The van der Waals surface area contributed by atoms with E-state index in [1.807, 2.05) is 24.3 Å². The molecule has 17 heavy (non-hydrogen) atoms. The molecule has 1 fully saturated rings. The predicted molar refractivity (Wildman–Crippen MR) is 69.1 cm³/mol. The van der Waals surface area contributed by atoms with Gasteiger partial charge in [0.15, 0.2) is 0 Å². The first-order valence-electron chi connectivity index (χ1n) is 6.70. The van der Waals surface area contributed by atoms with Crippen LogP contribution in [0.3, 0.4) is 0 Å². The minimum Gasteiger partial charge on any atom is -0.493 e. The van der Waals surface area contributed by atoms with Crippen LogP contribution in [-0.4, -0.2) is 11.7 Å². The van der Waals surface area contributed by atoms with E-state index in [1.54, 1.807) is 0 Å². The Morgan fingerprint density at radius 1 is 1.29 bits per heavy atom. The Bertz CT molecular complexity index is 327. The molecule has 1 saturated carbocycles. The fourth-order valence-corrected chi connectivity index (χ4v) is 2.10. The minimum absolute atomic E-state index is 0.333. The largest absolute Gasteiger partial charge is 0.493 e. The Morgan fingerprint density at radius 2 is 2.00 bits per heavy atom. The fourth-order valence-electron chi connectivity index (χ4n) is 2.10. The van der Waals surface area contributed by atoms with E-state index in [9.17, 15) is 5.11 Å². The summed E-state index contributed by atoms with van der Waals surface area (Å²) in [6.45, 7) is 2.93. The first-order chi connectivity index (χ1) is 8.29. The summed E-state index contributed by atoms with van der Waals surface area (Å²) < 4.78 is 5.72. The van der Waals surface area contributed by atoms with Gasteiger partial charge in [-0.2, -0.15) is 0 Å². The third-order valence-electron chi connectivity index (χ3n) is 3.54. The zero-order chi connectivity index (χ0) is 12.1. The topological polar surface area (TPSA) is 29.5 Å². The van der Waals surface area contributed by atoms with Gasteiger partial charge in [0.1, 0.15) is 5.75 Å². The van der Waals surface area contributed by atoms with E-state index >= 15 is 0 Å². The molecular formula is C15H22O2.